The van der Waals surface area contributed by atoms with E-state index in [1.165, 1.54) is 6.07 Å². The van der Waals surface area contributed by atoms with E-state index in [9.17, 15) is 9.59 Å². The van der Waals surface area contributed by atoms with Crippen molar-refractivity contribution >= 4 is 11.9 Å². The molecule has 0 fully saturated rings. The van der Waals surface area contributed by atoms with Crippen LogP contribution in [0.4, 0.5) is 0 Å². The third kappa shape index (κ3) is 5.83. The molecule has 0 N–H and O–H groups in total. The van der Waals surface area contributed by atoms with Gasteiger partial charge in [0.2, 0.25) is 0 Å². The minimum absolute atomic E-state index is 0.255. The van der Waals surface area contributed by atoms with E-state index < -0.39 is 24.5 Å². The summed E-state index contributed by atoms with van der Waals surface area (Å²) >= 11 is 0. The van der Waals surface area contributed by atoms with Crippen LogP contribution >= 0.6 is 0 Å². The molecule has 0 aliphatic rings. The highest BCUT2D eigenvalue weighted by Crippen LogP contribution is 2.11. The van der Waals surface area contributed by atoms with Crippen molar-refractivity contribution in [2.45, 2.75) is 40.3 Å². The number of esters is 2. The average Bonchev–Trinajstić information content (AvgIpc) is 2.47. The van der Waals surface area contributed by atoms with Gasteiger partial charge in [-0.05, 0) is 45.9 Å². The summed E-state index contributed by atoms with van der Waals surface area (Å²) in [7, 11) is 0. The highest BCUT2D eigenvalue weighted by Gasteiger charge is 2.16. The van der Waals surface area contributed by atoms with Crippen molar-refractivity contribution in [3.63, 3.8) is 0 Å². The standard InChI is InChI=1S/C16H22O6/c1-5-19-11(3)21-15(17)13-8-7-9-14(10-13)16(18)22-12(4)20-6-2/h7-12H,5-6H2,1-4H3. The quantitative estimate of drug-likeness (QED) is 0.543. The molecule has 0 saturated carbocycles. The number of carbonyl (C=O) groups is 2. The lowest BCUT2D eigenvalue weighted by atomic mass is 10.1. The van der Waals surface area contributed by atoms with E-state index in [0.717, 1.165) is 0 Å². The zero-order chi connectivity index (χ0) is 16.5. The van der Waals surface area contributed by atoms with Crippen LogP contribution in [0.3, 0.4) is 0 Å². The van der Waals surface area contributed by atoms with Gasteiger partial charge in [0.15, 0.2) is 12.6 Å². The second-order valence-corrected chi connectivity index (χ2v) is 4.44. The molecule has 0 amide bonds. The summed E-state index contributed by atoms with van der Waals surface area (Å²) in [6, 6.07) is 6.12. The fourth-order valence-corrected chi connectivity index (χ4v) is 1.75. The Morgan fingerprint density at radius 2 is 1.32 bits per heavy atom. The van der Waals surface area contributed by atoms with E-state index in [4.69, 9.17) is 18.9 Å². The van der Waals surface area contributed by atoms with Crippen molar-refractivity contribution in [1.29, 1.82) is 0 Å². The van der Waals surface area contributed by atoms with Crippen LogP contribution in [0.2, 0.25) is 0 Å². The fourth-order valence-electron chi connectivity index (χ4n) is 1.75. The number of hydrogen-bond donors (Lipinski definition) is 0. The van der Waals surface area contributed by atoms with Gasteiger partial charge in [-0.1, -0.05) is 6.07 Å². The summed E-state index contributed by atoms with van der Waals surface area (Å²) in [6.45, 7) is 7.75. The number of carbonyl (C=O) groups excluding carboxylic acids is 2. The van der Waals surface area contributed by atoms with Crippen LogP contribution in [0.25, 0.3) is 0 Å². The molecule has 1 aromatic carbocycles. The molecule has 0 spiro atoms. The lowest BCUT2D eigenvalue weighted by molar-refractivity contribution is -0.0943. The highest BCUT2D eigenvalue weighted by atomic mass is 16.7. The maximum Gasteiger partial charge on any atom is 0.340 e. The summed E-state index contributed by atoms with van der Waals surface area (Å²) < 4.78 is 20.5. The highest BCUT2D eigenvalue weighted by molar-refractivity contribution is 5.95. The van der Waals surface area contributed by atoms with E-state index in [2.05, 4.69) is 0 Å². The molecule has 2 atom stereocenters. The summed E-state index contributed by atoms with van der Waals surface area (Å²) in [5, 5.41) is 0. The SMILES string of the molecule is CCOC(C)OC(=O)c1cccc(C(=O)OC(C)OCC)c1. The Labute approximate surface area is 130 Å². The van der Waals surface area contributed by atoms with Gasteiger partial charge in [-0.3, -0.25) is 0 Å². The van der Waals surface area contributed by atoms with Crippen molar-refractivity contribution in [3.8, 4) is 0 Å². The second kappa shape index (κ2) is 9.17. The molecule has 6 heteroatoms. The molecule has 0 aliphatic heterocycles. The minimum Gasteiger partial charge on any atom is -0.432 e. The van der Waals surface area contributed by atoms with Crippen LogP contribution in [0.5, 0.6) is 0 Å². The molecule has 6 nitrogen and oxygen atoms in total. The Hall–Kier alpha value is -1.92. The van der Waals surface area contributed by atoms with Gasteiger partial charge in [0.1, 0.15) is 0 Å². The maximum absolute atomic E-state index is 12.0. The second-order valence-electron chi connectivity index (χ2n) is 4.44. The number of ether oxygens (including phenoxy) is 4. The summed E-state index contributed by atoms with van der Waals surface area (Å²) in [5.41, 5.74) is 0.509. The third-order valence-corrected chi connectivity index (χ3v) is 2.68. The van der Waals surface area contributed by atoms with Gasteiger partial charge in [0.25, 0.3) is 0 Å². The summed E-state index contributed by atoms with van der Waals surface area (Å²) in [6.07, 6.45) is -1.29. The van der Waals surface area contributed by atoms with Crippen LogP contribution in [-0.2, 0) is 18.9 Å². The van der Waals surface area contributed by atoms with Gasteiger partial charge < -0.3 is 18.9 Å². The van der Waals surface area contributed by atoms with E-state index >= 15 is 0 Å². The Bertz CT molecular complexity index is 458. The number of hydrogen-bond acceptors (Lipinski definition) is 6. The molecule has 0 saturated heterocycles. The van der Waals surface area contributed by atoms with Crippen molar-refractivity contribution < 1.29 is 28.5 Å². The van der Waals surface area contributed by atoms with E-state index in [-0.39, 0.29) is 11.1 Å². The third-order valence-electron chi connectivity index (χ3n) is 2.68. The summed E-state index contributed by atoms with van der Waals surface area (Å²) in [5.74, 6) is -1.12. The Morgan fingerprint density at radius 3 is 1.68 bits per heavy atom. The molecule has 0 aliphatic carbocycles. The van der Waals surface area contributed by atoms with Crippen LogP contribution in [0.15, 0.2) is 24.3 Å². The molecular formula is C16H22O6. The molecule has 0 bridgehead atoms. The van der Waals surface area contributed by atoms with Gasteiger partial charge in [-0.2, -0.15) is 0 Å². The van der Waals surface area contributed by atoms with Gasteiger partial charge >= 0.3 is 11.9 Å². The summed E-state index contributed by atoms with van der Waals surface area (Å²) in [4.78, 5) is 23.9. The van der Waals surface area contributed by atoms with Crippen molar-refractivity contribution in [1.82, 2.24) is 0 Å². The smallest absolute Gasteiger partial charge is 0.340 e. The zero-order valence-corrected chi connectivity index (χ0v) is 13.3. The Balaban J connectivity index is 2.72. The molecule has 22 heavy (non-hydrogen) atoms. The topological polar surface area (TPSA) is 71.1 Å². The van der Waals surface area contributed by atoms with E-state index in [0.29, 0.717) is 13.2 Å². The minimum atomic E-state index is -0.647. The van der Waals surface area contributed by atoms with Crippen LogP contribution in [0, 0.1) is 0 Å². The fraction of sp³-hybridized carbons (Fsp3) is 0.500. The first kappa shape index (κ1) is 18.1. The van der Waals surface area contributed by atoms with E-state index in [1.54, 1.807) is 45.9 Å². The first-order chi connectivity index (χ1) is 10.5. The molecule has 1 rings (SSSR count). The zero-order valence-electron chi connectivity index (χ0n) is 13.3. The van der Waals surface area contributed by atoms with Gasteiger partial charge in [0, 0.05) is 13.2 Å². The molecule has 1 aromatic rings. The lowest BCUT2D eigenvalue weighted by Gasteiger charge is -2.14. The van der Waals surface area contributed by atoms with Crippen molar-refractivity contribution in [2.24, 2.45) is 0 Å². The molecule has 2 unspecified atom stereocenters. The number of benzene rings is 1. The van der Waals surface area contributed by atoms with Crippen LogP contribution in [-0.4, -0.2) is 37.7 Å². The molecule has 0 heterocycles. The maximum atomic E-state index is 12.0. The average molecular weight is 310 g/mol. The molecule has 0 aromatic heterocycles. The van der Waals surface area contributed by atoms with Crippen LogP contribution in [0.1, 0.15) is 48.4 Å². The normalized spacial score (nSPS) is 13.3. The Morgan fingerprint density at radius 1 is 0.909 bits per heavy atom. The monoisotopic (exact) mass is 310 g/mol. The molecule has 0 radical (unpaired) electrons. The lowest BCUT2D eigenvalue weighted by Crippen LogP contribution is -2.20. The van der Waals surface area contributed by atoms with Crippen molar-refractivity contribution in [3.05, 3.63) is 35.4 Å². The largest absolute Gasteiger partial charge is 0.432 e. The van der Waals surface area contributed by atoms with Crippen LogP contribution < -0.4 is 0 Å². The predicted octanol–water partition coefficient (Wildman–Crippen LogP) is 2.77. The van der Waals surface area contributed by atoms with Gasteiger partial charge in [-0.15, -0.1) is 0 Å². The molecular weight excluding hydrogens is 288 g/mol. The number of rotatable bonds is 8. The van der Waals surface area contributed by atoms with E-state index in [1.807, 2.05) is 0 Å². The predicted molar refractivity (Wildman–Crippen MR) is 79.4 cm³/mol. The first-order valence-corrected chi connectivity index (χ1v) is 7.23. The van der Waals surface area contributed by atoms with Gasteiger partial charge in [-0.25, -0.2) is 9.59 Å². The molecule has 122 valence electrons. The Kier molecular flexibility index (Phi) is 7.56. The van der Waals surface area contributed by atoms with Crippen molar-refractivity contribution in [2.75, 3.05) is 13.2 Å². The van der Waals surface area contributed by atoms with Gasteiger partial charge in [0.05, 0.1) is 11.1 Å². The first-order valence-electron chi connectivity index (χ1n) is 7.23.